The molecule has 0 aromatic heterocycles. The highest BCUT2D eigenvalue weighted by atomic mass is 16.6. The average molecular weight is 420 g/mol. The van der Waals surface area contributed by atoms with Gasteiger partial charge in [0.25, 0.3) is 0 Å². The third-order valence-electron chi connectivity index (χ3n) is 6.81. The van der Waals surface area contributed by atoms with E-state index in [1.54, 1.807) is 0 Å². The lowest BCUT2D eigenvalue weighted by Crippen LogP contribution is -2.51. The average Bonchev–Trinajstić information content (AvgIpc) is 2.80. The SMILES string of the molecule is N#Cc1c(-c2ccc3c(c2)OCCO3)cccc1N1CCC(N[C@H]2C[C@@H](CO)C2)CC1. The number of benzene rings is 2. The van der Waals surface area contributed by atoms with Crippen molar-refractivity contribution in [2.24, 2.45) is 5.92 Å². The Morgan fingerprint density at radius 2 is 1.81 bits per heavy atom. The summed E-state index contributed by atoms with van der Waals surface area (Å²) in [4.78, 5) is 2.34. The van der Waals surface area contributed by atoms with E-state index in [0.29, 0.717) is 37.8 Å². The molecule has 2 aliphatic heterocycles. The third-order valence-corrected chi connectivity index (χ3v) is 6.81. The van der Waals surface area contributed by atoms with Crippen LogP contribution < -0.4 is 19.7 Å². The maximum atomic E-state index is 10.0. The maximum absolute atomic E-state index is 10.0. The first-order valence-corrected chi connectivity index (χ1v) is 11.3. The van der Waals surface area contributed by atoms with E-state index in [1.165, 1.54) is 0 Å². The number of nitrogens with zero attached hydrogens (tertiary/aromatic N) is 2. The molecule has 0 bridgehead atoms. The summed E-state index contributed by atoms with van der Waals surface area (Å²) in [6, 6.07) is 15.6. The van der Waals surface area contributed by atoms with E-state index in [2.05, 4.69) is 22.4 Å². The number of anilines is 1. The summed E-state index contributed by atoms with van der Waals surface area (Å²) < 4.78 is 11.4. The fourth-order valence-electron chi connectivity index (χ4n) is 5.01. The zero-order valence-corrected chi connectivity index (χ0v) is 17.7. The minimum absolute atomic E-state index is 0.313. The van der Waals surface area contributed by atoms with Gasteiger partial charge in [0.05, 0.1) is 11.3 Å². The number of fused-ring (bicyclic) bond motifs is 1. The molecule has 162 valence electrons. The summed E-state index contributed by atoms with van der Waals surface area (Å²) >= 11 is 0. The van der Waals surface area contributed by atoms with Gasteiger partial charge in [0.15, 0.2) is 11.5 Å². The fourth-order valence-corrected chi connectivity index (χ4v) is 5.01. The number of rotatable bonds is 5. The van der Waals surface area contributed by atoms with Crippen molar-refractivity contribution in [3.8, 4) is 28.7 Å². The third kappa shape index (κ3) is 4.08. The molecule has 2 fully saturated rings. The Balaban J connectivity index is 1.30. The maximum Gasteiger partial charge on any atom is 0.161 e. The molecular formula is C25H29N3O3. The molecule has 1 aliphatic carbocycles. The lowest BCUT2D eigenvalue weighted by atomic mass is 9.80. The lowest BCUT2D eigenvalue weighted by Gasteiger charge is -2.41. The van der Waals surface area contributed by atoms with E-state index in [4.69, 9.17) is 9.47 Å². The van der Waals surface area contributed by atoms with Crippen LogP contribution in [0.15, 0.2) is 36.4 Å². The Kier molecular flexibility index (Phi) is 5.71. The van der Waals surface area contributed by atoms with Crippen LogP contribution in [0.4, 0.5) is 5.69 Å². The highest BCUT2D eigenvalue weighted by Crippen LogP contribution is 2.38. The van der Waals surface area contributed by atoms with Crippen LogP contribution >= 0.6 is 0 Å². The van der Waals surface area contributed by atoms with E-state index in [9.17, 15) is 10.4 Å². The molecule has 2 aromatic rings. The number of ether oxygens (including phenoxy) is 2. The Bertz CT molecular complexity index is 972. The normalized spacial score (nSPS) is 23.2. The van der Waals surface area contributed by atoms with Gasteiger partial charge in [-0.15, -0.1) is 0 Å². The van der Waals surface area contributed by atoms with Gasteiger partial charge >= 0.3 is 0 Å². The van der Waals surface area contributed by atoms with Gasteiger partial charge in [-0.05, 0) is 55.4 Å². The topological polar surface area (TPSA) is 77.8 Å². The lowest BCUT2D eigenvalue weighted by molar-refractivity contribution is 0.117. The summed E-state index contributed by atoms with van der Waals surface area (Å²) in [6.45, 7) is 3.30. The Morgan fingerprint density at radius 1 is 1.03 bits per heavy atom. The molecule has 2 N–H and O–H groups in total. The van der Waals surface area contributed by atoms with Crippen LogP contribution in [0.25, 0.3) is 11.1 Å². The zero-order valence-electron chi connectivity index (χ0n) is 17.7. The van der Waals surface area contributed by atoms with Gasteiger partial charge in [-0.3, -0.25) is 0 Å². The highest BCUT2D eigenvalue weighted by molar-refractivity contribution is 5.79. The van der Waals surface area contributed by atoms with Crippen LogP contribution in [-0.2, 0) is 0 Å². The number of aliphatic hydroxyl groups is 1. The van der Waals surface area contributed by atoms with Crippen LogP contribution in [-0.4, -0.2) is 50.1 Å². The smallest absolute Gasteiger partial charge is 0.161 e. The molecule has 6 heteroatoms. The zero-order chi connectivity index (χ0) is 21.2. The number of nitrogens with one attached hydrogen (secondary N) is 1. The van der Waals surface area contributed by atoms with Gasteiger partial charge in [-0.25, -0.2) is 0 Å². The highest BCUT2D eigenvalue weighted by Gasteiger charge is 2.31. The van der Waals surface area contributed by atoms with E-state index < -0.39 is 0 Å². The molecule has 0 unspecified atom stereocenters. The molecule has 0 amide bonds. The molecule has 0 spiro atoms. The number of hydrogen-bond acceptors (Lipinski definition) is 6. The summed E-state index contributed by atoms with van der Waals surface area (Å²) in [5.74, 6) is 1.99. The Hall–Kier alpha value is -2.75. The molecule has 1 saturated heterocycles. The molecule has 1 saturated carbocycles. The van der Waals surface area contributed by atoms with E-state index in [1.807, 2.05) is 30.3 Å². The second-order valence-electron chi connectivity index (χ2n) is 8.81. The standard InChI is InChI=1S/C25H29N3O3/c26-15-22-21(18-4-5-24-25(14-18)31-11-10-30-24)2-1-3-23(22)28-8-6-19(7-9-28)27-20-12-17(13-20)16-29/h1-5,14,17,19-20,27,29H,6-13,16H2/t17-,20+. The molecule has 3 aliphatic rings. The minimum atomic E-state index is 0.313. The van der Waals surface area contributed by atoms with E-state index >= 15 is 0 Å². The molecule has 2 aromatic carbocycles. The van der Waals surface area contributed by atoms with Gasteiger partial charge in [-0.1, -0.05) is 18.2 Å². The fraction of sp³-hybridized carbons (Fsp3) is 0.480. The minimum Gasteiger partial charge on any atom is -0.486 e. The van der Waals surface area contributed by atoms with Crippen molar-refractivity contribution >= 4 is 5.69 Å². The summed E-state index contributed by atoms with van der Waals surface area (Å²) in [6.07, 6.45) is 4.32. The first-order valence-electron chi connectivity index (χ1n) is 11.3. The quantitative estimate of drug-likeness (QED) is 0.774. The number of hydrogen-bond donors (Lipinski definition) is 2. The van der Waals surface area contributed by atoms with Crippen LogP contribution in [0.2, 0.25) is 0 Å². The van der Waals surface area contributed by atoms with E-state index in [0.717, 1.165) is 72.6 Å². The van der Waals surface area contributed by atoms with Gasteiger partial charge < -0.3 is 24.8 Å². The van der Waals surface area contributed by atoms with Crippen LogP contribution in [0.5, 0.6) is 11.5 Å². The van der Waals surface area contributed by atoms with Gasteiger partial charge in [0.1, 0.15) is 19.3 Å². The van der Waals surface area contributed by atoms with Gasteiger partial charge in [-0.2, -0.15) is 5.26 Å². The predicted octanol–water partition coefficient (Wildman–Crippen LogP) is 3.33. The number of piperidine rings is 1. The van der Waals surface area contributed by atoms with Crippen molar-refractivity contribution in [2.75, 3.05) is 37.8 Å². The van der Waals surface area contributed by atoms with Gasteiger partial charge in [0, 0.05) is 37.3 Å². The van der Waals surface area contributed by atoms with Crippen molar-refractivity contribution in [1.29, 1.82) is 5.26 Å². The number of nitriles is 1. The first kappa shape index (κ1) is 20.2. The van der Waals surface area contributed by atoms with Crippen molar-refractivity contribution in [1.82, 2.24) is 5.32 Å². The molecule has 0 radical (unpaired) electrons. The largest absolute Gasteiger partial charge is 0.486 e. The molecular weight excluding hydrogens is 390 g/mol. The summed E-state index contributed by atoms with van der Waals surface area (Å²) in [5, 5.41) is 23.0. The first-order chi connectivity index (χ1) is 15.2. The molecule has 6 nitrogen and oxygen atoms in total. The number of aliphatic hydroxyl groups excluding tert-OH is 1. The van der Waals surface area contributed by atoms with Crippen molar-refractivity contribution in [3.63, 3.8) is 0 Å². The van der Waals surface area contributed by atoms with Gasteiger partial charge in [0.2, 0.25) is 0 Å². The van der Waals surface area contributed by atoms with Crippen LogP contribution in [0.1, 0.15) is 31.2 Å². The van der Waals surface area contributed by atoms with Crippen molar-refractivity contribution in [3.05, 3.63) is 42.0 Å². The summed E-state index contributed by atoms with van der Waals surface area (Å²) in [5.41, 5.74) is 3.64. The molecule has 2 heterocycles. The molecule has 31 heavy (non-hydrogen) atoms. The Labute approximate surface area is 183 Å². The van der Waals surface area contributed by atoms with Crippen LogP contribution in [0, 0.1) is 17.2 Å². The molecule has 0 atom stereocenters. The van der Waals surface area contributed by atoms with E-state index in [-0.39, 0.29) is 0 Å². The van der Waals surface area contributed by atoms with Crippen molar-refractivity contribution in [2.45, 2.75) is 37.8 Å². The second kappa shape index (κ2) is 8.78. The molecule has 5 rings (SSSR count). The Morgan fingerprint density at radius 3 is 2.55 bits per heavy atom. The van der Waals surface area contributed by atoms with Crippen LogP contribution in [0.3, 0.4) is 0 Å². The second-order valence-corrected chi connectivity index (χ2v) is 8.81. The summed E-state index contributed by atoms with van der Waals surface area (Å²) in [7, 11) is 0. The monoisotopic (exact) mass is 419 g/mol. The van der Waals surface area contributed by atoms with Crippen molar-refractivity contribution < 1.29 is 14.6 Å². The predicted molar refractivity (Wildman–Crippen MR) is 120 cm³/mol.